The number of ether oxygens (including phenoxy) is 4. The second kappa shape index (κ2) is 9.36. The van der Waals surface area contributed by atoms with Crippen LogP contribution in [0, 0.1) is 0 Å². The van der Waals surface area contributed by atoms with Gasteiger partial charge in [-0.3, -0.25) is 9.59 Å². The minimum atomic E-state index is -0.671. The van der Waals surface area contributed by atoms with Gasteiger partial charge in [-0.2, -0.15) is 0 Å². The lowest BCUT2D eigenvalue weighted by Crippen LogP contribution is -2.49. The highest BCUT2D eigenvalue weighted by Crippen LogP contribution is 2.28. The van der Waals surface area contributed by atoms with Crippen LogP contribution in [0.2, 0.25) is 0 Å². The third-order valence-electron chi connectivity index (χ3n) is 4.04. The lowest BCUT2D eigenvalue weighted by atomic mass is 10.1. The van der Waals surface area contributed by atoms with Crippen molar-refractivity contribution in [3.63, 3.8) is 0 Å². The number of ketones is 1. The van der Waals surface area contributed by atoms with Gasteiger partial charge in [-0.25, -0.2) is 4.79 Å². The molecule has 0 bridgehead atoms. The van der Waals surface area contributed by atoms with Gasteiger partial charge < -0.3 is 23.8 Å². The fourth-order valence-electron chi connectivity index (χ4n) is 2.80. The maximum Gasteiger partial charge on any atom is 0.344 e. The molecule has 2 atom stereocenters. The Bertz CT molecular complexity index is 693. The fourth-order valence-corrected chi connectivity index (χ4v) is 2.80. The van der Waals surface area contributed by atoms with Crippen LogP contribution in [0.5, 0.6) is 11.5 Å². The Hall–Kier alpha value is -2.61. The van der Waals surface area contributed by atoms with E-state index in [1.807, 2.05) is 13.8 Å². The summed E-state index contributed by atoms with van der Waals surface area (Å²) in [6.45, 7) is 5.44. The first kappa shape index (κ1) is 20.7. The minimum Gasteiger partial charge on any atom is -0.493 e. The molecule has 1 aliphatic heterocycles. The van der Waals surface area contributed by atoms with Gasteiger partial charge in [-0.05, 0) is 39.0 Å². The molecule has 0 aromatic heterocycles. The van der Waals surface area contributed by atoms with Gasteiger partial charge in [0.1, 0.15) is 0 Å². The van der Waals surface area contributed by atoms with Crippen LogP contribution in [0.1, 0.15) is 31.1 Å². The summed E-state index contributed by atoms with van der Waals surface area (Å²) < 4.78 is 21.1. The lowest BCUT2D eigenvalue weighted by Gasteiger charge is -2.35. The molecule has 0 spiro atoms. The van der Waals surface area contributed by atoms with Crippen molar-refractivity contribution < 1.29 is 33.3 Å². The van der Waals surface area contributed by atoms with Gasteiger partial charge in [0, 0.05) is 18.7 Å². The molecular formula is C19H25NO7. The van der Waals surface area contributed by atoms with Crippen molar-refractivity contribution in [3.8, 4) is 11.5 Å². The molecule has 1 aliphatic rings. The molecule has 8 heteroatoms. The summed E-state index contributed by atoms with van der Waals surface area (Å²) in [5, 5.41) is 0. The zero-order valence-electron chi connectivity index (χ0n) is 16.0. The van der Waals surface area contributed by atoms with E-state index in [4.69, 9.17) is 18.9 Å². The molecule has 2 rings (SSSR count). The molecule has 0 unspecified atom stereocenters. The van der Waals surface area contributed by atoms with Gasteiger partial charge in [0.25, 0.3) is 5.91 Å². The maximum absolute atomic E-state index is 12.2. The van der Waals surface area contributed by atoms with Crippen LogP contribution in [-0.2, 0) is 19.1 Å². The van der Waals surface area contributed by atoms with Gasteiger partial charge >= 0.3 is 5.97 Å². The van der Waals surface area contributed by atoms with Crippen molar-refractivity contribution >= 4 is 17.7 Å². The molecule has 0 N–H and O–H groups in total. The highest BCUT2D eigenvalue weighted by Gasteiger charge is 2.26. The van der Waals surface area contributed by atoms with E-state index in [1.165, 1.54) is 20.1 Å². The van der Waals surface area contributed by atoms with Crippen molar-refractivity contribution in [2.45, 2.75) is 33.0 Å². The van der Waals surface area contributed by atoms with E-state index in [2.05, 4.69) is 0 Å². The highest BCUT2D eigenvalue weighted by molar-refractivity contribution is 5.94. The first-order chi connectivity index (χ1) is 12.8. The number of rotatable bonds is 7. The van der Waals surface area contributed by atoms with Gasteiger partial charge in [0.05, 0.1) is 19.3 Å². The molecule has 0 saturated carbocycles. The molecular weight excluding hydrogens is 354 g/mol. The van der Waals surface area contributed by atoms with Crippen molar-refractivity contribution in [3.05, 3.63) is 23.8 Å². The number of hydrogen-bond donors (Lipinski definition) is 0. The molecule has 1 aromatic carbocycles. The number of carbonyl (C=O) groups is 3. The van der Waals surface area contributed by atoms with Crippen molar-refractivity contribution in [2.75, 3.05) is 33.4 Å². The van der Waals surface area contributed by atoms with Crippen LogP contribution in [0.15, 0.2) is 18.2 Å². The summed E-state index contributed by atoms with van der Waals surface area (Å²) in [6, 6.07) is 4.66. The predicted molar refractivity (Wildman–Crippen MR) is 96.0 cm³/mol. The molecule has 8 nitrogen and oxygen atoms in total. The Kier molecular flexibility index (Phi) is 7.18. The number of amides is 1. The number of esters is 1. The zero-order chi connectivity index (χ0) is 20.0. The summed E-state index contributed by atoms with van der Waals surface area (Å²) in [4.78, 5) is 37.1. The maximum atomic E-state index is 12.2. The number of nitrogens with zero attached hydrogens (tertiary/aromatic N) is 1. The molecule has 1 amide bonds. The number of morpholine rings is 1. The Morgan fingerprint density at radius 1 is 1.11 bits per heavy atom. The zero-order valence-corrected chi connectivity index (χ0v) is 16.0. The van der Waals surface area contributed by atoms with Crippen LogP contribution in [0.3, 0.4) is 0 Å². The molecule has 1 fully saturated rings. The molecule has 1 saturated heterocycles. The van der Waals surface area contributed by atoms with E-state index in [9.17, 15) is 14.4 Å². The summed E-state index contributed by atoms with van der Waals surface area (Å²) in [5.41, 5.74) is 0.473. The summed E-state index contributed by atoms with van der Waals surface area (Å²) in [7, 11) is 1.44. The molecule has 1 aromatic rings. The van der Waals surface area contributed by atoms with Crippen molar-refractivity contribution in [1.29, 1.82) is 0 Å². The predicted octanol–water partition coefficient (Wildman–Crippen LogP) is 1.46. The SMILES string of the molecule is COc1cc(C(C)=O)ccc1OCC(=O)OCC(=O)N1C[C@@H](C)O[C@H](C)C1. The van der Waals surface area contributed by atoms with E-state index < -0.39 is 5.97 Å². The minimum absolute atomic E-state index is 0.0535. The van der Waals surface area contributed by atoms with Crippen molar-refractivity contribution in [1.82, 2.24) is 4.90 Å². The first-order valence-electron chi connectivity index (χ1n) is 8.70. The van der Waals surface area contributed by atoms with Crippen LogP contribution in [0.25, 0.3) is 0 Å². The first-order valence-corrected chi connectivity index (χ1v) is 8.70. The lowest BCUT2D eigenvalue weighted by molar-refractivity contribution is -0.158. The van der Waals surface area contributed by atoms with Crippen LogP contribution >= 0.6 is 0 Å². The Morgan fingerprint density at radius 3 is 2.37 bits per heavy atom. The Morgan fingerprint density at radius 2 is 1.78 bits per heavy atom. The van der Waals surface area contributed by atoms with Gasteiger partial charge in [0.2, 0.25) is 0 Å². The number of hydrogen-bond acceptors (Lipinski definition) is 7. The van der Waals surface area contributed by atoms with Crippen LogP contribution in [-0.4, -0.2) is 68.2 Å². The number of carbonyl (C=O) groups excluding carboxylic acids is 3. The Labute approximate surface area is 158 Å². The Balaban J connectivity index is 1.82. The average molecular weight is 379 g/mol. The van der Waals surface area contributed by atoms with E-state index in [1.54, 1.807) is 17.0 Å². The second-order valence-corrected chi connectivity index (χ2v) is 6.43. The highest BCUT2D eigenvalue weighted by atomic mass is 16.6. The van der Waals surface area contributed by atoms with Crippen LogP contribution in [0.4, 0.5) is 0 Å². The summed E-state index contributed by atoms with van der Waals surface area (Å²) >= 11 is 0. The molecule has 0 aliphatic carbocycles. The molecule has 1 heterocycles. The number of Topliss-reactive ketones (excluding diaryl/α,β-unsaturated/α-hetero) is 1. The van der Waals surface area contributed by atoms with Gasteiger partial charge in [-0.1, -0.05) is 0 Å². The summed E-state index contributed by atoms with van der Waals surface area (Å²) in [5.74, 6) is -0.404. The average Bonchev–Trinajstić information content (AvgIpc) is 2.63. The smallest absolute Gasteiger partial charge is 0.344 e. The third-order valence-corrected chi connectivity index (χ3v) is 4.04. The third kappa shape index (κ3) is 5.96. The second-order valence-electron chi connectivity index (χ2n) is 6.43. The summed E-state index contributed by atoms with van der Waals surface area (Å²) in [6.07, 6.45) is -0.107. The number of methoxy groups -OCH3 is 1. The number of benzene rings is 1. The van der Waals surface area contributed by atoms with E-state index in [0.29, 0.717) is 30.2 Å². The molecule has 27 heavy (non-hydrogen) atoms. The van der Waals surface area contributed by atoms with Crippen LogP contribution < -0.4 is 9.47 Å². The largest absolute Gasteiger partial charge is 0.493 e. The van der Waals surface area contributed by atoms with Gasteiger partial charge in [-0.15, -0.1) is 0 Å². The fraction of sp³-hybridized carbons (Fsp3) is 0.526. The van der Waals surface area contributed by atoms with Crippen molar-refractivity contribution in [2.24, 2.45) is 0 Å². The topological polar surface area (TPSA) is 91.4 Å². The van der Waals surface area contributed by atoms with Gasteiger partial charge in [0.15, 0.2) is 30.5 Å². The normalized spacial score (nSPS) is 19.3. The standard InChI is InChI=1S/C19H25NO7/c1-12-8-20(9-13(2)27-12)18(22)10-26-19(23)11-25-16-6-5-15(14(3)21)7-17(16)24-4/h5-7,12-13H,8-11H2,1-4H3/t12-,13-/m1/s1. The van der Waals surface area contributed by atoms with E-state index in [-0.39, 0.29) is 37.1 Å². The monoisotopic (exact) mass is 379 g/mol. The quantitative estimate of drug-likeness (QED) is 0.523. The van der Waals surface area contributed by atoms with E-state index >= 15 is 0 Å². The van der Waals surface area contributed by atoms with E-state index in [0.717, 1.165) is 0 Å². The molecule has 0 radical (unpaired) electrons. The molecule has 148 valence electrons.